The number of furan rings is 1. The molecule has 3 rings (SSSR count). The van der Waals surface area contributed by atoms with Gasteiger partial charge in [0.2, 0.25) is 5.76 Å². The predicted molar refractivity (Wildman–Crippen MR) is 71.0 cm³/mol. The number of aromatic amines is 1. The van der Waals surface area contributed by atoms with E-state index < -0.39 is 5.97 Å². The lowest BCUT2D eigenvalue weighted by Crippen LogP contribution is -2.23. The number of H-pyrrole nitrogens is 1. The van der Waals surface area contributed by atoms with Crippen LogP contribution in [0.2, 0.25) is 0 Å². The molecule has 0 saturated heterocycles. The van der Waals surface area contributed by atoms with Gasteiger partial charge in [0.15, 0.2) is 0 Å². The van der Waals surface area contributed by atoms with Gasteiger partial charge < -0.3 is 9.15 Å². The number of esters is 1. The second-order valence-electron chi connectivity index (χ2n) is 4.37. The molecule has 0 spiro atoms. The number of aryl methyl sites for hydroxylation is 1. The van der Waals surface area contributed by atoms with Gasteiger partial charge in [0.1, 0.15) is 6.33 Å². The van der Waals surface area contributed by atoms with Crippen molar-refractivity contribution in [2.75, 3.05) is 6.61 Å². The Hall–Kier alpha value is -2.90. The largest absolute Gasteiger partial charge is 0.459 e. The van der Waals surface area contributed by atoms with Crippen molar-refractivity contribution in [2.45, 2.75) is 13.3 Å². The number of aromatic nitrogens is 4. The van der Waals surface area contributed by atoms with Crippen LogP contribution in [0.15, 0.2) is 33.9 Å². The van der Waals surface area contributed by atoms with Gasteiger partial charge in [-0.25, -0.2) is 14.8 Å². The van der Waals surface area contributed by atoms with Crippen LogP contribution in [0.4, 0.5) is 0 Å². The zero-order chi connectivity index (χ0) is 14.8. The van der Waals surface area contributed by atoms with E-state index in [4.69, 9.17) is 9.15 Å². The van der Waals surface area contributed by atoms with Gasteiger partial charge in [-0.2, -0.15) is 4.52 Å². The van der Waals surface area contributed by atoms with Crippen molar-refractivity contribution < 1.29 is 13.9 Å². The summed E-state index contributed by atoms with van der Waals surface area (Å²) in [7, 11) is 0. The third kappa shape index (κ3) is 2.42. The summed E-state index contributed by atoms with van der Waals surface area (Å²) in [5.74, 6) is -0.118. The highest BCUT2D eigenvalue weighted by molar-refractivity contribution is 5.86. The highest BCUT2D eigenvalue weighted by atomic mass is 16.5. The lowest BCUT2D eigenvalue weighted by Gasteiger charge is -2.05. The summed E-state index contributed by atoms with van der Waals surface area (Å²) in [6.45, 7) is 1.79. The number of fused-ring (bicyclic) bond motifs is 1. The Morgan fingerprint density at radius 2 is 2.38 bits per heavy atom. The Morgan fingerprint density at radius 1 is 1.52 bits per heavy atom. The molecule has 108 valence electrons. The van der Waals surface area contributed by atoms with E-state index in [-0.39, 0.29) is 24.3 Å². The molecule has 0 aromatic carbocycles. The summed E-state index contributed by atoms with van der Waals surface area (Å²) in [5.41, 5.74) is 0.800. The Morgan fingerprint density at radius 3 is 3.14 bits per heavy atom. The van der Waals surface area contributed by atoms with Crippen molar-refractivity contribution in [3.05, 3.63) is 52.1 Å². The van der Waals surface area contributed by atoms with Crippen molar-refractivity contribution in [3.8, 4) is 0 Å². The van der Waals surface area contributed by atoms with Crippen LogP contribution in [0.3, 0.4) is 0 Å². The molecule has 0 atom stereocenters. The molecule has 0 aliphatic carbocycles. The lowest BCUT2D eigenvalue weighted by molar-refractivity contribution is 0.0472. The fourth-order valence-corrected chi connectivity index (χ4v) is 1.99. The Labute approximate surface area is 118 Å². The van der Waals surface area contributed by atoms with E-state index in [0.29, 0.717) is 17.0 Å². The molecule has 0 saturated carbocycles. The van der Waals surface area contributed by atoms with Gasteiger partial charge in [0.05, 0.1) is 18.6 Å². The minimum atomic E-state index is -0.562. The highest BCUT2D eigenvalue weighted by Gasteiger charge is 2.13. The van der Waals surface area contributed by atoms with Crippen molar-refractivity contribution in [2.24, 2.45) is 0 Å². The first-order valence-electron chi connectivity index (χ1n) is 6.29. The highest BCUT2D eigenvalue weighted by Crippen LogP contribution is 2.05. The maximum Gasteiger partial charge on any atom is 0.374 e. The fourth-order valence-electron chi connectivity index (χ4n) is 1.99. The summed E-state index contributed by atoms with van der Waals surface area (Å²) in [6.07, 6.45) is 3.05. The standard InChI is InChI=1S/C13H12N4O4/c1-8-9(11(18)17-13(16-8)14-7-15-17)4-6-21-12(19)10-3-2-5-20-10/h2-3,5,7H,4,6H2,1H3,(H,14,15,16). The van der Waals surface area contributed by atoms with E-state index in [1.807, 2.05) is 0 Å². The molecule has 3 heterocycles. The molecule has 3 aromatic rings. The second kappa shape index (κ2) is 5.23. The van der Waals surface area contributed by atoms with Gasteiger partial charge in [-0.3, -0.25) is 9.89 Å². The molecule has 21 heavy (non-hydrogen) atoms. The molecule has 0 aliphatic rings. The number of rotatable bonds is 4. The van der Waals surface area contributed by atoms with Crippen LogP contribution in [0.1, 0.15) is 21.8 Å². The number of carbonyl (C=O) groups excluding carboxylic acids is 1. The van der Waals surface area contributed by atoms with Crippen molar-refractivity contribution in [3.63, 3.8) is 0 Å². The molecular weight excluding hydrogens is 276 g/mol. The number of hydrogen-bond donors (Lipinski definition) is 1. The first kappa shape index (κ1) is 13.1. The Bertz CT molecular complexity index is 832. The Kier molecular flexibility index (Phi) is 3.27. The first-order valence-corrected chi connectivity index (χ1v) is 6.29. The number of nitrogens with zero attached hydrogens (tertiary/aromatic N) is 3. The van der Waals surface area contributed by atoms with E-state index in [1.54, 1.807) is 13.0 Å². The Balaban J connectivity index is 1.73. The second-order valence-corrected chi connectivity index (χ2v) is 4.37. The number of nitrogens with one attached hydrogen (secondary N) is 1. The van der Waals surface area contributed by atoms with E-state index in [1.165, 1.54) is 23.2 Å². The van der Waals surface area contributed by atoms with Crippen LogP contribution in [0, 0.1) is 6.92 Å². The van der Waals surface area contributed by atoms with Gasteiger partial charge in [-0.1, -0.05) is 0 Å². The molecule has 0 aliphatic heterocycles. The van der Waals surface area contributed by atoms with Gasteiger partial charge in [-0.05, 0) is 19.1 Å². The SMILES string of the molecule is Cc1nc2nc[nH]n2c(=O)c1CCOC(=O)c1ccco1. The summed E-state index contributed by atoms with van der Waals surface area (Å²) < 4.78 is 11.2. The van der Waals surface area contributed by atoms with E-state index in [2.05, 4.69) is 15.1 Å². The summed E-state index contributed by atoms with van der Waals surface area (Å²) in [5, 5.41) is 2.68. The van der Waals surface area contributed by atoms with Crippen LogP contribution in [0.5, 0.6) is 0 Å². The predicted octanol–water partition coefficient (Wildman–Crippen LogP) is 0.719. The number of carbonyl (C=O) groups is 1. The van der Waals surface area contributed by atoms with E-state index >= 15 is 0 Å². The molecule has 0 bridgehead atoms. The minimum Gasteiger partial charge on any atom is -0.459 e. The third-order valence-corrected chi connectivity index (χ3v) is 3.04. The quantitative estimate of drug-likeness (QED) is 0.709. The topological polar surface area (TPSA) is 102 Å². The normalized spacial score (nSPS) is 10.9. The fraction of sp³-hybridized carbons (Fsp3) is 0.231. The molecule has 1 N–H and O–H groups in total. The summed E-state index contributed by atoms with van der Waals surface area (Å²) >= 11 is 0. The lowest BCUT2D eigenvalue weighted by atomic mass is 10.2. The molecule has 8 nitrogen and oxygen atoms in total. The third-order valence-electron chi connectivity index (χ3n) is 3.04. The van der Waals surface area contributed by atoms with Crippen molar-refractivity contribution >= 4 is 11.7 Å². The summed E-state index contributed by atoms with van der Waals surface area (Å²) in [4.78, 5) is 31.9. The average molecular weight is 288 g/mol. The molecule has 3 aromatic heterocycles. The van der Waals surface area contributed by atoms with Crippen LogP contribution in [-0.2, 0) is 11.2 Å². The van der Waals surface area contributed by atoms with Crippen molar-refractivity contribution in [1.29, 1.82) is 0 Å². The zero-order valence-corrected chi connectivity index (χ0v) is 11.2. The van der Waals surface area contributed by atoms with Crippen LogP contribution in [-0.4, -0.2) is 32.2 Å². The summed E-state index contributed by atoms with van der Waals surface area (Å²) in [6, 6.07) is 3.11. The molecule has 8 heteroatoms. The molecule has 0 unspecified atom stereocenters. The van der Waals surface area contributed by atoms with E-state index in [9.17, 15) is 9.59 Å². The average Bonchev–Trinajstić information content (AvgIpc) is 3.12. The van der Waals surface area contributed by atoms with Crippen LogP contribution < -0.4 is 5.56 Å². The van der Waals surface area contributed by atoms with Gasteiger partial charge >= 0.3 is 5.97 Å². The maximum atomic E-state index is 12.2. The first-order chi connectivity index (χ1) is 10.2. The molecule has 0 fully saturated rings. The smallest absolute Gasteiger partial charge is 0.374 e. The molecule has 0 radical (unpaired) electrons. The van der Waals surface area contributed by atoms with Gasteiger partial charge in [-0.15, -0.1) is 0 Å². The van der Waals surface area contributed by atoms with Crippen LogP contribution in [0.25, 0.3) is 5.78 Å². The van der Waals surface area contributed by atoms with Crippen molar-refractivity contribution in [1.82, 2.24) is 19.6 Å². The monoisotopic (exact) mass is 288 g/mol. The van der Waals surface area contributed by atoms with Crippen LogP contribution >= 0.6 is 0 Å². The molecule has 0 amide bonds. The zero-order valence-electron chi connectivity index (χ0n) is 11.2. The maximum absolute atomic E-state index is 12.2. The van der Waals surface area contributed by atoms with Gasteiger partial charge in [0, 0.05) is 12.0 Å². The minimum absolute atomic E-state index is 0.0670. The number of ether oxygens (including phenoxy) is 1. The van der Waals surface area contributed by atoms with Gasteiger partial charge in [0.25, 0.3) is 11.3 Å². The molecular formula is C13H12N4O4. The van der Waals surface area contributed by atoms with E-state index in [0.717, 1.165) is 0 Å². The number of hydrogen-bond acceptors (Lipinski definition) is 6.